The fourth-order valence-electron chi connectivity index (χ4n) is 3.05. The molecule has 0 bridgehead atoms. The van der Waals surface area contributed by atoms with Gasteiger partial charge in [-0.1, -0.05) is 30.3 Å². The molecule has 2 aliphatic heterocycles. The zero-order valence-electron chi connectivity index (χ0n) is 12.4. The third-order valence-corrected chi connectivity index (χ3v) is 4.18. The van der Waals surface area contributed by atoms with Gasteiger partial charge in [0.25, 0.3) is 5.91 Å². The Labute approximate surface area is 127 Å². The van der Waals surface area contributed by atoms with E-state index in [-0.39, 0.29) is 5.91 Å². The summed E-state index contributed by atoms with van der Waals surface area (Å²) in [5.41, 5.74) is 3.70. The highest BCUT2D eigenvalue weighted by molar-refractivity contribution is 6.07. The summed E-state index contributed by atoms with van der Waals surface area (Å²) in [6, 6.07) is 10.3. The molecular formula is C17H16N4O. The van der Waals surface area contributed by atoms with Crippen molar-refractivity contribution in [3.05, 3.63) is 64.6 Å². The van der Waals surface area contributed by atoms with Gasteiger partial charge in [-0.2, -0.15) is 10.1 Å². The molecule has 110 valence electrons. The van der Waals surface area contributed by atoms with Gasteiger partial charge in [0, 0.05) is 31.6 Å². The summed E-state index contributed by atoms with van der Waals surface area (Å²) in [4.78, 5) is 18.7. The van der Waals surface area contributed by atoms with Gasteiger partial charge in [-0.3, -0.25) is 9.48 Å². The van der Waals surface area contributed by atoms with Crippen molar-refractivity contribution >= 4 is 11.5 Å². The summed E-state index contributed by atoms with van der Waals surface area (Å²) < 4.78 is 1.66. The van der Waals surface area contributed by atoms with Crippen LogP contribution in [0.4, 0.5) is 0 Å². The Balaban J connectivity index is 1.73. The van der Waals surface area contributed by atoms with Gasteiger partial charge < -0.3 is 4.90 Å². The summed E-state index contributed by atoms with van der Waals surface area (Å²) in [7, 11) is 1.81. The van der Waals surface area contributed by atoms with Crippen molar-refractivity contribution in [1.29, 1.82) is 0 Å². The van der Waals surface area contributed by atoms with Crippen LogP contribution in [0.15, 0.2) is 53.3 Å². The smallest absolute Gasteiger partial charge is 0.280 e. The molecule has 2 aliphatic rings. The maximum Gasteiger partial charge on any atom is 0.280 e. The molecule has 22 heavy (non-hydrogen) atoms. The van der Waals surface area contributed by atoms with E-state index in [4.69, 9.17) is 0 Å². The lowest BCUT2D eigenvalue weighted by Crippen LogP contribution is -2.39. The van der Waals surface area contributed by atoms with Gasteiger partial charge in [0.1, 0.15) is 0 Å². The average Bonchev–Trinajstić information content (AvgIpc) is 2.90. The van der Waals surface area contributed by atoms with Crippen LogP contribution in [0.5, 0.6) is 0 Å². The van der Waals surface area contributed by atoms with Crippen molar-refractivity contribution in [2.45, 2.75) is 13.0 Å². The van der Waals surface area contributed by atoms with E-state index in [1.807, 2.05) is 31.4 Å². The van der Waals surface area contributed by atoms with E-state index in [9.17, 15) is 4.79 Å². The highest BCUT2D eigenvalue weighted by Crippen LogP contribution is 2.24. The standard InChI is InChI=1S/C17H16N4O/c1-20-16-14(9-18-20)13-7-8-21(11-15(13)17(22)19-16)10-12-5-3-2-4-6-12/h2-6,9,11H,7-8,10H2,1H3. The van der Waals surface area contributed by atoms with Gasteiger partial charge in [0.15, 0.2) is 5.49 Å². The first-order chi connectivity index (χ1) is 10.7. The zero-order chi connectivity index (χ0) is 15.1. The molecule has 0 radical (unpaired) electrons. The molecule has 4 rings (SSSR count). The quantitative estimate of drug-likeness (QED) is 0.811. The lowest BCUT2D eigenvalue weighted by Gasteiger charge is -2.28. The van der Waals surface area contributed by atoms with Gasteiger partial charge in [0.2, 0.25) is 0 Å². The van der Waals surface area contributed by atoms with Crippen LogP contribution < -0.4 is 10.7 Å². The molecule has 2 aromatic rings. The Morgan fingerprint density at radius 1 is 1.23 bits per heavy atom. The number of carbonyl (C=O) groups excluding carboxylic acids is 1. The normalized spacial score (nSPS) is 16.8. The van der Waals surface area contributed by atoms with Gasteiger partial charge in [-0.05, 0) is 17.6 Å². The van der Waals surface area contributed by atoms with Gasteiger partial charge in [-0.25, -0.2) is 0 Å². The van der Waals surface area contributed by atoms with Crippen LogP contribution in [0, 0.1) is 0 Å². The van der Waals surface area contributed by atoms with Gasteiger partial charge >= 0.3 is 0 Å². The van der Waals surface area contributed by atoms with Gasteiger partial charge in [-0.15, -0.1) is 0 Å². The maximum absolute atomic E-state index is 12.3. The lowest BCUT2D eigenvalue weighted by atomic mass is 9.96. The van der Waals surface area contributed by atoms with Crippen LogP contribution in [-0.4, -0.2) is 27.1 Å². The summed E-state index contributed by atoms with van der Waals surface area (Å²) in [5.74, 6) is -0.163. The topological polar surface area (TPSA) is 50.5 Å². The Kier molecular flexibility index (Phi) is 2.92. The molecule has 0 aliphatic carbocycles. The molecule has 1 aromatic heterocycles. The van der Waals surface area contributed by atoms with E-state index in [0.717, 1.165) is 30.3 Å². The number of amides is 1. The second kappa shape index (κ2) is 4.94. The molecule has 3 heterocycles. The average molecular weight is 292 g/mol. The predicted octanol–water partition coefficient (Wildman–Crippen LogP) is 0.520. The van der Waals surface area contributed by atoms with Crippen molar-refractivity contribution in [2.24, 2.45) is 12.0 Å². The maximum atomic E-state index is 12.3. The minimum atomic E-state index is -0.163. The predicted molar refractivity (Wildman–Crippen MR) is 82.0 cm³/mol. The minimum absolute atomic E-state index is 0.163. The fourth-order valence-corrected chi connectivity index (χ4v) is 3.05. The summed E-state index contributed by atoms with van der Waals surface area (Å²) >= 11 is 0. The number of benzene rings is 1. The van der Waals surface area contributed by atoms with Crippen molar-refractivity contribution < 1.29 is 4.79 Å². The van der Waals surface area contributed by atoms with Crippen LogP contribution in [0.3, 0.4) is 0 Å². The second-order valence-electron chi connectivity index (χ2n) is 5.65. The zero-order valence-corrected chi connectivity index (χ0v) is 12.4. The first-order valence-electron chi connectivity index (χ1n) is 7.37. The molecule has 5 nitrogen and oxygen atoms in total. The number of hydrogen-bond donors (Lipinski definition) is 0. The van der Waals surface area contributed by atoms with E-state index in [2.05, 4.69) is 27.1 Å². The van der Waals surface area contributed by atoms with E-state index in [0.29, 0.717) is 11.1 Å². The highest BCUT2D eigenvalue weighted by atomic mass is 16.1. The molecule has 5 heteroatoms. The van der Waals surface area contributed by atoms with E-state index in [1.165, 1.54) is 5.56 Å². The highest BCUT2D eigenvalue weighted by Gasteiger charge is 2.25. The van der Waals surface area contributed by atoms with Crippen LogP contribution in [0.2, 0.25) is 0 Å². The molecule has 0 N–H and O–H groups in total. The molecule has 0 unspecified atom stereocenters. The Morgan fingerprint density at radius 2 is 2.05 bits per heavy atom. The van der Waals surface area contributed by atoms with Crippen molar-refractivity contribution in [1.82, 2.24) is 14.7 Å². The summed E-state index contributed by atoms with van der Waals surface area (Å²) in [6.07, 6.45) is 4.60. The molecule has 1 amide bonds. The first kappa shape index (κ1) is 13.0. The van der Waals surface area contributed by atoms with Gasteiger partial charge in [0.05, 0.1) is 11.8 Å². The Morgan fingerprint density at radius 3 is 2.86 bits per heavy atom. The fraction of sp³-hybridized carbons (Fsp3) is 0.235. The SMILES string of the molecule is Cn1ncc2c1=NC(=O)C1=CN(Cc3ccccc3)CCC=21. The third kappa shape index (κ3) is 2.06. The van der Waals surface area contributed by atoms with Crippen LogP contribution in [0.1, 0.15) is 12.0 Å². The number of nitrogens with zero attached hydrogens (tertiary/aromatic N) is 4. The van der Waals surface area contributed by atoms with Crippen LogP contribution in [0.25, 0.3) is 5.57 Å². The van der Waals surface area contributed by atoms with Crippen LogP contribution >= 0.6 is 0 Å². The molecule has 1 aromatic carbocycles. The molecule has 0 atom stereocenters. The molecule has 0 saturated heterocycles. The Hall–Kier alpha value is -2.69. The number of hydrogen-bond acceptors (Lipinski definition) is 3. The number of fused-ring (bicyclic) bond motifs is 2. The number of aromatic nitrogens is 2. The minimum Gasteiger partial charge on any atom is -0.372 e. The molecular weight excluding hydrogens is 276 g/mol. The third-order valence-electron chi connectivity index (χ3n) is 4.18. The second-order valence-corrected chi connectivity index (χ2v) is 5.65. The van der Waals surface area contributed by atoms with Crippen molar-refractivity contribution in [2.75, 3.05) is 6.54 Å². The number of rotatable bonds is 2. The molecule has 0 spiro atoms. The molecule has 0 saturated carbocycles. The van der Waals surface area contributed by atoms with Crippen molar-refractivity contribution in [3.63, 3.8) is 0 Å². The Bertz CT molecular complexity index is 892. The number of aryl methyl sites for hydroxylation is 1. The monoisotopic (exact) mass is 292 g/mol. The van der Waals surface area contributed by atoms with E-state index in [1.54, 1.807) is 10.9 Å². The van der Waals surface area contributed by atoms with E-state index >= 15 is 0 Å². The largest absolute Gasteiger partial charge is 0.372 e. The van der Waals surface area contributed by atoms with Crippen molar-refractivity contribution in [3.8, 4) is 0 Å². The van der Waals surface area contributed by atoms with Crippen LogP contribution in [-0.2, 0) is 18.4 Å². The van der Waals surface area contributed by atoms with E-state index < -0.39 is 0 Å². The summed E-state index contributed by atoms with van der Waals surface area (Å²) in [6.45, 7) is 1.71. The lowest BCUT2D eigenvalue weighted by molar-refractivity contribution is -0.114. The summed E-state index contributed by atoms with van der Waals surface area (Å²) in [5, 5.41) is 5.21. The molecule has 0 fully saturated rings. The first-order valence-corrected chi connectivity index (χ1v) is 7.37. The number of carbonyl (C=O) groups is 1.